The third kappa shape index (κ3) is 4.19. The number of ether oxygens (including phenoxy) is 1. The van der Waals surface area contributed by atoms with Gasteiger partial charge in [0.25, 0.3) is 11.8 Å². The number of amides is 2. The second-order valence-electron chi connectivity index (χ2n) is 9.73. The third-order valence-electron chi connectivity index (χ3n) is 7.18. The molecule has 9 nitrogen and oxygen atoms in total. The Balaban J connectivity index is 1.15. The molecule has 38 heavy (non-hydrogen) atoms. The summed E-state index contributed by atoms with van der Waals surface area (Å²) < 4.78 is 10.9. The molecule has 1 aromatic heterocycles. The van der Waals surface area contributed by atoms with Gasteiger partial charge in [0.05, 0.1) is 11.1 Å². The Bertz CT molecular complexity index is 1620. The van der Waals surface area contributed by atoms with E-state index in [4.69, 9.17) is 9.15 Å². The molecule has 1 fully saturated rings. The van der Waals surface area contributed by atoms with E-state index in [2.05, 4.69) is 10.3 Å². The van der Waals surface area contributed by atoms with Gasteiger partial charge in [-0.3, -0.25) is 9.59 Å². The van der Waals surface area contributed by atoms with Crippen LogP contribution in [0.4, 0.5) is 5.69 Å². The lowest BCUT2D eigenvalue weighted by atomic mass is 9.93. The van der Waals surface area contributed by atoms with E-state index in [0.717, 1.165) is 53.0 Å². The Morgan fingerprint density at radius 3 is 2.53 bits per heavy atom. The summed E-state index contributed by atoms with van der Waals surface area (Å²) in [6.07, 6.45) is 1.23. The SMILES string of the molecule is Cc1cc(=O)oc2cc(OCC(O)CNN3C(=O)c4cccc5c(N6CCCC6)ccc(c45)C3=O)ccc12. The zero-order valence-corrected chi connectivity index (χ0v) is 20.9. The highest BCUT2D eigenvalue weighted by molar-refractivity contribution is 6.26. The van der Waals surface area contributed by atoms with Crippen LogP contribution in [0.1, 0.15) is 39.1 Å². The van der Waals surface area contributed by atoms with Gasteiger partial charge in [0.2, 0.25) is 0 Å². The van der Waals surface area contributed by atoms with Gasteiger partial charge in [-0.1, -0.05) is 12.1 Å². The molecular formula is C29H27N3O6. The van der Waals surface area contributed by atoms with Crippen LogP contribution in [0.3, 0.4) is 0 Å². The maximum absolute atomic E-state index is 13.3. The largest absolute Gasteiger partial charge is 0.491 e. The summed E-state index contributed by atoms with van der Waals surface area (Å²) in [6.45, 7) is 3.55. The number of carbonyl (C=O) groups is 2. The van der Waals surface area contributed by atoms with Crippen LogP contribution in [0.2, 0.25) is 0 Å². The number of rotatable bonds is 7. The van der Waals surface area contributed by atoms with Gasteiger partial charge in [-0.2, -0.15) is 0 Å². The second-order valence-corrected chi connectivity index (χ2v) is 9.73. The minimum Gasteiger partial charge on any atom is -0.491 e. The van der Waals surface area contributed by atoms with E-state index >= 15 is 0 Å². The number of hydrogen-bond acceptors (Lipinski definition) is 8. The van der Waals surface area contributed by atoms with Crippen LogP contribution in [0.5, 0.6) is 5.75 Å². The molecule has 0 bridgehead atoms. The standard InChI is InChI=1S/C29H27N3O6/c1-17-13-26(34)38-25-14-19(7-8-20(17)25)37-16-18(33)15-30-32-28(35)22-6-4-5-21-24(31-11-2-3-12-31)10-9-23(27(21)22)29(32)36/h4-10,13-14,18,30,33H,2-3,11-12,15-16H2,1H3. The van der Waals surface area contributed by atoms with E-state index in [1.807, 2.05) is 25.1 Å². The molecule has 1 unspecified atom stereocenters. The van der Waals surface area contributed by atoms with Crippen LogP contribution in [-0.4, -0.2) is 54.3 Å². The van der Waals surface area contributed by atoms with Crippen molar-refractivity contribution >= 4 is 39.2 Å². The zero-order valence-electron chi connectivity index (χ0n) is 20.9. The lowest BCUT2D eigenvalue weighted by Gasteiger charge is -2.30. The Labute approximate surface area is 218 Å². The number of benzene rings is 3. The smallest absolute Gasteiger partial charge is 0.336 e. The van der Waals surface area contributed by atoms with Crippen molar-refractivity contribution in [1.29, 1.82) is 0 Å². The first-order valence-corrected chi connectivity index (χ1v) is 12.7. The van der Waals surface area contributed by atoms with Gasteiger partial charge < -0.3 is 19.2 Å². The molecule has 3 heterocycles. The van der Waals surface area contributed by atoms with E-state index in [1.54, 1.807) is 30.3 Å². The van der Waals surface area contributed by atoms with E-state index in [9.17, 15) is 19.5 Å². The molecule has 0 spiro atoms. The highest BCUT2D eigenvalue weighted by Crippen LogP contribution is 2.36. The molecule has 2 amide bonds. The van der Waals surface area contributed by atoms with Crippen molar-refractivity contribution in [3.8, 4) is 5.75 Å². The highest BCUT2D eigenvalue weighted by Gasteiger charge is 2.34. The van der Waals surface area contributed by atoms with Gasteiger partial charge in [0.1, 0.15) is 24.0 Å². The van der Waals surface area contributed by atoms with Crippen LogP contribution < -0.4 is 20.7 Å². The second kappa shape index (κ2) is 9.59. The predicted octanol–water partition coefficient (Wildman–Crippen LogP) is 3.40. The highest BCUT2D eigenvalue weighted by atomic mass is 16.5. The molecule has 1 saturated heterocycles. The van der Waals surface area contributed by atoms with E-state index in [1.165, 1.54) is 6.07 Å². The molecule has 194 valence electrons. The van der Waals surface area contributed by atoms with Crippen molar-refractivity contribution in [2.24, 2.45) is 0 Å². The average Bonchev–Trinajstić information content (AvgIpc) is 3.44. The molecule has 9 heteroatoms. The maximum atomic E-state index is 13.3. The van der Waals surface area contributed by atoms with Crippen LogP contribution in [0, 0.1) is 6.92 Å². The number of imide groups is 1. The Morgan fingerprint density at radius 2 is 1.74 bits per heavy atom. The number of anilines is 1. The number of aryl methyl sites for hydroxylation is 1. The molecule has 1 atom stereocenters. The summed E-state index contributed by atoms with van der Waals surface area (Å²) in [5.41, 5.74) is 5.47. The number of fused-ring (bicyclic) bond motifs is 1. The summed E-state index contributed by atoms with van der Waals surface area (Å²) in [5.74, 6) is -0.496. The molecule has 2 aliphatic heterocycles. The molecular weight excluding hydrogens is 486 g/mol. The molecule has 0 radical (unpaired) electrons. The van der Waals surface area contributed by atoms with Crippen molar-refractivity contribution in [2.45, 2.75) is 25.9 Å². The summed E-state index contributed by atoms with van der Waals surface area (Å²) in [4.78, 5) is 40.6. The van der Waals surface area contributed by atoms with E-state index in [0.29, 0.717) is 27.8 Å². The Hall–Kier alpha value is -4.21. The number of nitrogens with one attached hydrogen (secondary N) is 1. The van der Waals surface area contributed by atoms with E-state index in [-0.39, 0.29) is 13.2 Å². The van der Waals surface area contributed by atoms with Crippen molar-refractivity contribution in [3.63, 3.8) is 0 Å². The Morgan fingerprint density at radius 1 is 0.974 bits per heavy atom. The number of hydrogen-bond donors (Lipinski definition) is 2. The number of nitrogens with zero attached hydrogens (tertiary/aromatic N) is 2. The number of carbonyl (C=O) groups excluding carboxylic acids is 2. The normalized spacial score (nSPS) is 16.1. The molecule has 0 saturated carbocycles. The summed E-state index contributed by atoms with van der Waals surface area (Å²) in [7, 11) is 0. The number of hydrazine groups is 1. The first-order valence-electron chi connectivity index (χ1n) is 12.7. The lowest BCUT2D eigenvalue weighted by Crippen LogP contribution is -2.52. The van der Waals surface area contributed by atoms with Gasteiger partial charge in [-0.05, 0) is 55.7 Å². The molecule has 6 rings (SSSR count). The summed E-state index contributed by atoms with van der Waals surface area (Å²) in [5, 5.41) is 13.8. The molecule has 4 aromatic rings. The fourth-order valence-electron chi connectivity index (χ4n) is 5.30. The third-order valence-corrected chi connectivity index (χ3v) is 7.18. The quantitative estimate of drug-likeness (QED) is 0.286. The monoisotopic (exact) mass is 513 g/mol. The maximum Gasteiger partial charge on any atom is 0.336 e. The first kappa shape index (κ1) is 24.1. The zero-order chi connectivity index (χ0) is 26.4. The Kier molecular flexibility index (Phi) is 6.09. The lowest BCUT2D eigenvalue weighted by molar-refractivity contribution is 0.0433. The topological polar surface area (TPSA) is 112 Å². The molecule has 2 N–H and O–H groups in total. The van der Waals surface area contributed by atoms with Gasteiger partial charge in [-0.15, -0.1) is 0 Å². The minimum absolute atomic E-state index is 0.0869. The van der Waals surface area contributed by atoms with Gasteiger partial charge >= 0.3 is 5.63 Å². The van der Waals surface area contributed by atoms with Crippen LogP contribution in [0.25, 0.3) is 21.7 Å². The molecule has 0 aliphatic carbocycles. The van der Waals surface area contributed by atoms with Crippen molar-refractivity contribution < 1.29 is 23.8 Å². The van der Waals surface area contributed by atoms with Gasteiger partial charge in [0.15, 0.2) is 0 Å². The van der Waals surface area contributed by atoms with Crippen LogP contribution in [-0.2, 0) is 0 Å². The van der Waals surface area contributed by atoms with Crippen LogP contribution in [0.15, 0.2) is 63.8 Å². The molecule has 2 aliphatic rings. The summed E-state index contributed by atoms with van der Waals surface area (Å²) >= 11 is 0. The number of aliphatic hydroxyl groups excluding tert-OH is 1. The van der Waals surface area contributed by atoms with Crippen LogP contribution >= 0.6 is 0 Å². The average molecular weight is 514 g/mol. The van der Waals surface area contributed by atoms with E-state index < -0.39 is 23.5 Å². The predicted molar refractivity (Wildman–Crippen MR) is 143 cm³/mol. The van der Waals surface area contributed by atoms with Crippen molar-refractivity contribution in [1.82, 2.24) is 10.4 Å². The van der Waals surface area contributed by atoms with Crippen molar-refractivity contribution in [2.75, 3.05) is 31.1 Å². The van der Waals surface area contributed by atoms with Gasteiger partial charge in [0, 0.05) is 53.6 Å². The minimum atomic E-state index is -1.02. The molecule has 3 aromatic carbocycles. The fraction of sp³-hybridized carbons (Fsp3) is 0.276. The van der Waals surface area contributed by atoms with Crippen molar-refractivity contribution in [3.05, 3.63) is 81.7 Å². The summed E-state index contributed by atoms with van der Waals surface area (Å²) in [6, 6.07) is 15.8. The fourth-order valence-corrected chi connectivity index (χ4v) is 5.30. The number of aliphatic hydroxyl groups is 1. The first-order chi connectivity index (χ1) is 18.4. The van der Waals surface area contributed by atoms with Gasteiger partial charge in [-0.25, -0.2) is 15.2 Å².